The molecular weight excluding hydrogens is 243 g/mol. The monoisotopic (exact) mass is 252 g/mol. The standard InChI is InChI=1S/C12H10Cl2N2/c13-9-3-4-10(11(14)6-9)12(15)8-2-1-5-16-7-8/h1-7,12H,15H2. The minimum Gasteiger partial charge on any atom is -0.320 e. The van der Waals surface area contributed by atoms with Crippen molar-refractivity contribution < 1.29 is 0 Å². The first-order chi connectivity index (χ1) is 7.68. The lowest BCUT2D eigenvalue weighted by atomic mass is 10.0. The molecule has 0 saturated heterocycles. The molecule has 0 bridgehead atoms. The minimum absolute atomic E-state index is 0.279. The maximum Gasteiger partial charge on any atom is 0.0581 e. The highest BCUT2D eigenvalue weighted by atomic mass is 35.5. The van der Waals surface area contributed by atoms with Crippen molar-refractivity contribution in [3.05, 3.63) is 63.9 Å². The highest BCUT2D eigenvalue weighted by Crippen LogP contribution is 2.28. The minimum atomic E-state index is -0.279. The Kier molecular flexibility index (Phi) is 3.44. The predicted molar refractivity (Wildman–Crippen MR) is 66.7 cm³/mol. The van der Waals surface area contributed by atoms with E-state index in [0.29, 0.717) is 10.0 Å². The Morgan fingerprint density at radius 3 is 2.62 bits per heavy atom. The van der Waals surface area contributed by atoms with Crippen LogP contribution in [0.2, 0.25) is 10.0 Å². The first-order valence-corrected chi connectivity index (χ1v) is 5.54. The summed E-state index contributed by atoms with van der Waals surface area (Å²) in [5.41, 5.74) is 7.87. The van der Waals surface area contributed by atoms with E-state index in [9.17, 15) is 0 Å². The van der Waals surface area contributed by atoms with E-state index in [4.69, 9.17) is 28.9 Å². The molecule has 0 aliphatic rings. The first kappa shape index (κ1) is 11.4. The van der Waals surface area contributed by atoms with E-state index < -0.39 is 0 Å². The Bertz CT molecular complexity index is 486. The van der Waals surface area contributed by atoms with Gasteiger partial charge in [0.25, 0.3) is 0 Å². The van der Waals surface area contributed by atoms with Crippen LogP contribution in [0.1, 0.15) is 17.2 Å². The van der Waals surface area contributed by atoms with Crippen LogP contribution in [0, 0.1) is 0 Å². The summed E-state index contributed by atoms with van der Waals surface area (Å²) in [5.74, 6) is 0. The van der Waals surface area contributed by atoms with Gasteiger partial charge in [-0.05, 0) is 29.3 Å². The van der Waals surface area contributed by atoms with Gasteiger partial charge in [-0.25, -0.2) is 0 Å². The van der Waals surface area contributed by atoms with Gasteiger partial charge in [0.2, 0.25) is 0 Å². The van der Waals surface area contributed by atoms with Crippen molar-refractivity contribution >= 4 is 23.2 Å². The van der Waals surface area contributed by atoms with Crippen molar-refractivity contribution in [2.75, 3.05) is 0 Å². The number of aromatic nitrogens is 1. The van der Waals surface area contributed by atoms with Gasteiger partial charge in [-0.1, -0.05) is 35.3 Å². The van der Waals surface area contributed by atoms with Crippen LogP contribution in [0.25, 0.3) is 0 Å². The van der Waals surface area contributed by atoms with E-state index in [0.717, 1.165) is 11.1 Å². The number of hydrogen-bond acceptors (Lipinski definition) is 2. The zero-order chi connectivity index (χ0) is 11.5. The third-order valence-corrected chi connectivity index (χ3v) is 2.90. The van der Waals surface area contributed by atoms with Gasteiger partial charge >= 0.3 is 0 Å². The van der Waals surface area contributed by atoms with Gasteiger partial charge in [0.1, 0.15) is 0 Å². The SMILES string of the molecule is NC(c1cccnc1)c1ccc(Cl)cc1Cl. The number of halogens is 2. The average molecular weight is 253 g/mol. The lowest BCUT2D eigenvalue weighted by Gasteiger charge is -2.13. The second-order valence-corrected chi connectivity index (χ2v) is 4.27. The Morgan fingerprint density at radius 1 is 1.19 bits per heavy atom. The molecule has 0 aliphatic heterocycles. The second-order valence-electron chi connectivity index (χ2n) is 3.43. The fourth-order valence-electron chi connectivity index (χ4n) is 1.49. The molecule has 2 N–H and O–H groups in total. The van der Waals surface area contributed by atoms with E-state index in [1.807, 2.05) is 18.2 Å². The first-order valence-electron chi connectivity index (χ1n) is 4.79. The van der Waals surface area contributed by atoms with Gasteiger partial charge in [-0.3, -0.25) is 4.98 Å². The Hall–Kier alpha value is -1.09. The normalized spacial score (nSPS) is 12.4. The summed E-state index contributed by atoms with van der Waals surface area (Å²) in [6.45, 7) is 0. The molecule has 1 heterocycles. The van der Waals surface area contributed by atoms with Crippen LogP contribution >= 0.6 is 23.2 Å². The molecule has 16 heavy (non-hydrogen) atoms. The predicted octanol–water partition coefficient (Wildman–Crippen LogP) is 3.44. The largest absolute Gasteiger partial charge is 0.320 e. The highest BCUT2D eigenvalue weighted by Gasteiger charge is 2.12. The van der Waals surface area contributed by atoms with Crippen LogP contribution < -0.4 is 5.73 Å². The maximum atomic E-state index is 6.10. The lowest BCUT2D eigenvalue weighted by Crippen LogP contribution is -2.12. The van der Waals surface area contributed by atoms with Crippen molar-refractivity contribution in [2.45, 2.75) is 6.04 Å². The third-order valence-electron chi connectivity index (χ3n) is 2.34. The second kappa shape index (κ2) is 4.83. The van der Waals surface area contributed by atoms with E-state index in [1.54, 1.807) is 24.5 Å². The summed E-state index contributed by atoms with van der Waals surface area (Å²) in [7, 11) is 0. The maximum absolute atomic E-state index is 6.10. The number of rotatable bonds is 2. The molecule has 82 valence electrons. The molecule has 2 nitrogen and oxygen atoms in total. The van der Waals surface area contributed by atoms with Crippen LogP contribution in [-0.2, 0) is 0 Å². The van der Waals surface area contributed by atoms with E-state index in [1.165, 1.54) is 0 Å². The number of nitrogens with zero attached hydrogens (tertiary/aromatic N) is 1. The van der Waals surface area contributed by atoms with E-state index in [-0.39, 0.29) is 6.04 Å². The molecule has 1 aromatic carbocycles. The third kappa shape index (κ3) is 2.35. The fraction of sp³-hybridized carbons (Fsp3) is 0.0833. The lowest BCUT2D eigenvalue weighted by molar-refractivity contribution is 0.863. The molecule has 2 aromatic rings. The molecule has 0 fully saturated rings. The van der Waals surface area contributed by atoms with Crippen molar-refractivity contribution in [3.63, 3.8) is 0 Å². The van der Waals surface area contributed by atoms with Gasteiger partial charge in [0.05, 0.1) is 6.04 Å². The zero-order valence-corrected chi connectivity index (χ0v) is 9.91. The van der Waals surface area contributed by atoms with Gasteiger partial charge < -0.3 is 5.73 Å². The molecule has 0 saturated carbocycles. The van der Waals surface area contributed by atoms with Crippen molar-refractivity contribution in [2.24, 2.45) is 5.73 Å². The molecule has 1 unspecified atom stereocenters. The Labute approximate surface area is 104 Å². The molecule has 0 aliphatic carbocycles. The summed E-state index contributed by atoms with van der Waals surface area (Å²) in [4.78, 5) is 4.03. The molecule has 0 spiro atoms. The van der Waals surface area contributed by atoms with Crippen LogP contribution in [-0.4, -0.2) is 4.98 Å². The molecule has 4 heteroatoms. The molecular formula is C12H10Cl2N2. The van der Waals surface area contributed by atoms with Crippen LogP contribution in [0.3, 0.4) is 0 Å². The van der Waals surface area contributed by atoms with Crippen LogP contribution in [0.4, 0.5) is 0 Å². The number of benzene rings is 1. The zero-order valence-electron chi connectivity index (χ0n) is 8.40. The highest BCUT2D eigenvalue weighted by molar-refractivity contribution is 6.35. The van der Waals surface area contributed by atoms with Crippen molar-refractivity contribution in [1.82, 2.24) is 4.98 Å². The Balaban J connectivity index is 2.38. The smallest absolute Gasteiger partial charge is 0.0581 e. The van der Waals surface area contributed by atoms with Gasteiger partial charge in [0, 0.05) is 22.4 Å². The van der Waals surface area contributed by atoms with E-state index >= 15 is 0 Å². The van der Waals surface area contributed by atoms with Crippen molar-refractivity contribution in [1.29, 1.82) is 0 Å². The Morgan fingerprint density at radius 2 is 2.00 bits per heavy atom. The summed E-state index contributed by atoms with van der Waals surface area (Å²) in [6.07, 6.45) is 3.44. The van der Waals surface area contributed by atoms with E-state index in [2.05, 4.69) is 4.98 Å². The topological polar surface area (TPSA) is 38.9 Å². The van der Waals surface area contributed by atoms with Crippen LogP contribution in [0.5, 0.6) is 0 Å². The fourth-order valence-corrected chi connectivity index (χ4v) is 2.02. The quantitative estimate of drug-likeness (QED) is 0.890. The molecule has 1 atom stereocenters. The van der Waals surface area contributed by atoms with Crippen LogP contribution in [0.15, 0.2) is 42.7 Å². The summed E-state index contributed by atoms with van der Waals surface area (Å²) < 4.78 is 0. The average Bonchev–Trinajstić information content (AvgIpc) is 2.29. The number of nitrogens with two attached hydrogens (primary N) is 1. The molecule has 1 aromatic heterocycles. The number of pyridine rings is 1. The summed E-state index contributed by atoms with van der Waals surface area (Å²) >= 11 is 11.9. The van der Waals surface area contributed by atoms with Gasteiger partial charge in [-0.2, -0.15) is 0 Å². The molecule has 0 amide bonds. The summed E-state index contributed by atoms with van der Waals surface area (Å²) in [5, 5.41) is 1.18. The van der Waals surface area contributed by atoms with Crippen molar-refractivity contribution in [3.8, 4) is 0 Å². The molecule has 2 rings (SSSR count). The van der Waals surface area contributed by atoms with Gasteiger partial charge in [0.15, 0.2) is 0 Å². The van der Waals surface area contributed by atoms with Gasteiger partial charge in [-0.15, -0.1) is 0 Å². The molecule has 0 radical (unpaired) electrons. The number of hydrogen-bond donors (Lipinski definition) is 1. The summed E-state index contributed by atoms with van der Waals surface area (Å²) in [6, 6.07) is 8.79.